The van der Waals surface area contributed by atoms with Crippen LogP contribution in [-0.2, 0) is 17.8 Å². The normalized spacial score (nSPS) is 11.9. The van der Waals surface area contributed by atoms with Crippen molar-refractivity contribution in [1.29, 1.82) is 0 Å². The van der Waals surface area contributed by atoms with E-state index < -0.39 is 0 Å². The van der Waals surface area contributed by atoms with Crippen LogP contribution in [0.25, 0.3) is 22.2 Å². The van der Waals surface area contributed by atoms with Crippen molar-refractivity contribution in [2.24, 2.45) is 0 Å². The summed E-state index contributed by atoms with van der Waals surface area (Å²) in [5.41, 5.74) is 7.67. The number of benzene rings is 4. The first-order valence-corrected chi connectivity index (χ1v) is 14.1. The van der Waals surface area contributed by atoms with Crippen LogP contribution in [0.2, 0.25) is 0 Å². The van der Waals surface area contributed by atoms with Crippen LogP contribution in [0.4, 0.5) is 0 Å². The van der Waals surface area contributed by atoms with Crippen molar-refractivity contribution >= 4 is 16.9 Å². The summed E-state index contributed by atoms with van der Waals surface area (Å²) in [5, 5.41) is 3.18. The maximum atomic E-state index is 13.0. The third-order valence-corrected chi connectivity index (χ3v) is 7.31. The predicted molar refractivity (Wildman–Crippen MR) is 163 cm³/mol. The molecule has 4 aromatic carbocycles. The zero-order valence-electron chi connectivity index (χ0n) is 23.6. The monoisotopic (exact) mass is 531 g/mol. The maximum Gasteiger partial charge on any atom is 0.224 e. The molecule has 1 atom stereocenters. The molecule has 0 saturated carbocycles. The Hall–Kier alpha value is -4.38. The van der Waals surface area contributed by atoms with E-state index in [9.17, 15) is 4.79 Å². The summed E-state index contributed by atoms with van der Waals surface area (Å²) in [7, 11) is 0. The molecule has 5 nitrogen and oxygen atoms in total. The Labute approximate surface area is 236 Å². The van der Waals surface area contributed by atoms with Gasteiger partial charge in [-0.05, 0) is 73.6 Å². The topological polar surface area (TPSA) is 56.1 Å². The summed E-state index contributed by atoms with van der Waals surface area (Å²) in [5.74, 6) is 1.85. The molecule has 40 heavy (non-hydrogen) atoms. The average molecular weight is 532 g/mol. The van der Waals surface area contributed by atoms with E-state index in [4.69, 9.17) is 9.72 Å². The summed E-state index contributed by atoms with van der Waals surface area (Å²) in [6.45, 7) is 7.66. The van der Waals surface area contributed by atoms with Gasteiger partial charge >= 0.3 is 0 Å². The molecule has 1 unspecified atom stereocenters. The van der Waals surface area contributed by atoms with Gasteiger partial charge in [0, 0.05) is 6.54 Å². The van der Waals surface area contributed by atoms with E-state index >= 15 is 0 Å². The first-order chi connectivity index (χ1) is 19.5. The van der Waals surface area contributed by atoms with Gasteiger partial charge in [0.25, 0.3) is 0 Å². The lowest BCUT2D eigenvalue weighted by Crippen LogP contribution is -2.30. The molecule has 5 rings (SSSR count). The van der Waals surface area contributed by atoms with Crippen molar-refractivity contribution in [1.82, 2.24) is 14.9 Å². The highest BCUT2D eigenvalue weighted by Gasteiger charge is 2.18. The second kappa shape index (κ2) is 12.6. The first kappa shape index (κ1) is 27.2. The van der Waals surface area contributed by atoms with E-state index in [0.29, 0.717) is 13.0 Å². The number of rotatable bonds is 11. The predicted octanol–water partition coefficient (Wildman–Crippen LogP) is 7.60. The maximum absolute atomic E-state index is 13.0. The molecule has 1 aromatic heterocycles. The summed E-state index contributed by atoms with van der Waals surface area (Å²) in [6, 6.07) is 32.7. The summed E-state index contributed by atoms with van der Waals surface area (Å²) >= 11 is 0. The molecule has 0 fully saturated rings. The number of hydrogen-bond acceptors (Lipinski definition) is 3. The SMILES string of the molecule is Cc1cccc(C)c1OCCCCn1c(C(C)NC(=O)Cc2ccc(-c3ccccc3)cc2)nc2ccccc21. The summed E-state index contributed by atoms with van der Waals surface area (Å²) < 4.78 is 8.36. The largest absolute Gasteiger partial charge is 0.493 e. The minimum atomic E-state index is -0.214. The third-order valence-electron chi connectivity index (χ3n) is 7.31. The Bertz CT molecular complexity index is 1550. The van der Waals surface area contributed by atoms with Crippen LogP contribution < -0.4 is 10.1 Å². The quantitative estimate of drug-likeness (QED) is 0.179. The molecule has 0 radical (unpaired) electrons. The fraction of sp³-hybridized carbons (Fsp3) is 0.257. The van der Waals surface area contributed by atoms with Crippen molar-refractivity contribution in [3.05, 3.63) is 120 Å². The van der Waals surface area contributed by atoms with Crippen LogP contribution in [0.3, 0.4) is 0 Å². The molecule has 5 heteroatoms. The fourth-order valence-electron chi connectivity index (χ4n) is 5.22. The van der Waals surface area contributed by atoms with Gasteiger partial charge in [-0.3, -0.25) is 4.79 Å². The number of amides is 1. The summed E-state index contributed by atoms with van der Waals surface area (Å²) in [6.07, 6.45) is 2.21. The number of aryl methyl sites for hydroxylation is 3. The van der Waals surface area contributed by atoms with Gasteiger partial charge in [0.2, 0.25) is 5.91 Å². The lowest BCUT2D eigenvalue weighted by molar-refractivity contribution is -0.121. The molecule has 0 bridgehead atoms. The van der Waals surface area contributed by atoms with E-state index in [-0.39, 0.29) is 11.9 Å². The van der Waals surface area contributed by atoms with Crippen LogP contribution in [0.1, 0.15) is 48.3 Å². The van der Waals surface area contributed by atoms with Crippen molar-refractivity contribution in [2.75, 3.05) is 6.61 Å². The molecule has 5 aromatic rings. The van der Waals surface area contributed by atoms with Crippen LogP contribution in [0, 0.1) is 13.8 Å². The van der Waals surface area contributed by atoms with E-state index in [1.54, 1.807) is 0 Å². The minimum Gasteiger partial charge on any atom is -0.493 e. The number of nitrogens with zero attached hydrogens (tertiary/aromatic N) is 2. The lowest BCUT2D eigenvalue weighted by Gasteiger charge is -2.17. The summed E-state index contributed by atoms with van der Waals surface area (Å²) in [4.78, 5) is 17.9. The molecule has 1 amide bonds. The van der Waals surface area contributed by atoms with Gasteiger partial charge in [-0.15, -0.1) is 0 Å². The molecule has 0 aliphatic carbocycles. The molecule has 0 saturated heterocycles. The number of carbonyl (C=O) groups excluding carboxylic acids is 1. The molecule has 204 valence electrons. The number of fused-ring (bicyclic) bond motifs is 1. The average Bonchev–Trinajstić information content (AvgIpc) is 3.34. The Morgan fingerprint density at radius 2 is 1.50 bits per heavy atom. The van der Waals surface area contributed by atoms with E-state index in [1.165, 1.54) is 16.7 Å². The molecule has 1 N–H and O–H groups in total. The van der Waals surface area contributed by atoms with Crippen LogP contribution in [0.5, 0.6) is 5.75 Å². The van der Waals surface area contributed by atoms with E-state index in [2.05, 4.69) is 72.3 Å². The van der Waals surface area contributed by atoms with Crippen molar-refractivity contribution < 1.29 is 9.53 Å². The molecule has 0 spiro atoms. The number of aromatic nitrogens is 2. The van der Waals surface area contributed by atoms with Crippen LogP contribution >= 0.6 is 0 Å². The Morgan fingerprint density at radius 1 is 0.825 bits per heavy atom. The van der Waals surface area contributed by atoms with Crippen molar-refractivity contribution in [3.63, 3.8) is 0 Å². The van der Waals surface area contributed by atoms with Crippen LogP contribution in [-0.4, -0.2) is 22.1 Å². The number of carbonyl (C=O) groups is 1. The van der Waals surface area contributed by atoms with E-state index in [1.807, 2.05) is 55.5 Å². The van der Waals surface area contributed by atoms with Crippen molar-refractivity contribution in [3.8, 4) is 16.9 Å². The van der Waals surface area contributed by atoms with Crippen molar-refractivity contribution in [2.45, 2.75) is 52.6 Å². The number of hydrogen-bond donors (Lipinski definition) is 1. The second-order valence-corrected chi connectivity index (χ2v) is 10.4. The molecule has 0 aliphatic rings. The second-order valence-electron chi connectivity index (χ2n) is 10.4. The van der Waals surface area contributed by atoms with Gasteiger partial charge in [0.1, 0.15) is 11.6 Å². The Balaban J connectivity index is 1.20. The number of imidazole rings is 1. The van der Waals surface area contributed by atoms with Crippen LogP contribution in [0.15, 0.2) is 97.1 Å². The fourth-order valence-corrected chi connectivity index (χ4v) is 5.22. The Morgan fingerprint density at radius 3 is 2.25 bits per heavy atom. The minimum absolute atomic E-state index is 0.0134. The van der Waals surface area contributed by atoms with Gasteiger partial charge < -0.3 is 14.6 Å². The van der Waals surface area contributed by atoms with Gasteiger partial charge in [-0.25, -0.2) is 4.98 Å². The molecule has 0 aliphatic heterocycles. The smallest absolute Gasteiger partial charge is 0.224 e. The first-order valence-electron chi connectivity index (χ1n) is 14.1. The highest BCUT2D eigenvalue weighted by molar-refractivity contribution is 5.80. The van der Waals surface area contributed by atoms with Gasteiger partial charge in [0.05, 0.1) is 30.1 Å². The van der Waals surface area contributed by atoms with Gasteiger partial charge in [0.15, 0.2) is 0 Å². The van der Waals surface area contributed by atoms with Gasteiger partial charge in [-0.1, -0.05) is 84.9 Å². The zero-order chi connectivity index (χ0) is 27.9. The standard InChI is InChI=1S/C35H37N3O2/c1-25-12-11-13-26(2)34(25)40-23-10-9-22-38-32-17-8-7-16-31(32)37-35(38)27(3)36-33(39)24-28-18-20-30(21-19-28)29-14-5-4-6-15-29/h4-8,11-21,27H,9-10,22-24H2,1-3H3,(H,36,39). The highest BCUT2D eigenvalue weighted by Crippen LogP contribution is 2.24. The van der Waals surface area contributed by atoms with E-state index in [0.717, 1.165) is 53.1 Å². The molecule has 1 heterocycles. The molecular weight excluding hydrogens is 494 g/mol. The number of unbranched alkanes of at least 4 members (excludes halogenated alkanes) is 1. The van der Waals surface area contributed by atoms with Gasteiger partial charge in [-0.2, -0.15) is 0 Å². The lowest BCUT2D eigenvalue weighted by atomic mass is 10.0. The molecular formula is C35H37N3O2. The number of nitrogens with one attached hydrogen (secondary N) is 1. The highest BCUT2D eigenvalue weighted by atomic mass is 16.5. The number of para-hydroxylation sites is 3. The number of ether oxygens (including phenoxy) is 1. The third kappa shape index (κ3) is 6.42. The Kier molecular flexibility index (Phi) is 8.60. The zero-order valence-corrected chi connectivity index (χ0v) is 23.6.